The van der Waals surface area contributed by atoms with Crippen LogP contribution < -0.4 is 5.32 Å². The van der Waals surface area contributed by atoms with E-state index in [1.807, 2.05) is 0 Å². The minimum atomic E-state index is -2.05. The fourth-order valence-corrected chi connectivity index (χ4v) is 4.26. The van der Waals surface area contributed by atoms with Crippen molar-refractivity contribution in [2.24, 2.45) is 5.92 Å². The molecule has 0 aromatic carbocycles. The first-order valence-corrected chi connectivity index (χ1v) is 11.6. The first kappa shape index (κ1) is 22.0. The van der Waals surface area contributed by atoms with Crippen LogP contribution in [0.25, 0.3) is 0 Å². The zero-order valence-corrected chi connectivity index (χ0v) is 16.5. The van der Waals surface area contributed by atoms with Crippen molar-refractivity contribution in [1.82, 2.24) is 9.97 Å². The zero-order valence-electron chi connectivity index (χ0n) is 15.5. The molecule has 5 nitrogen and oxygen atoms in total. The predicted octanol–water partition coefficient (Wildman–Crippen LogP) is 4.21. The molecule has 1 aromatic rings. The number of rotatable bonds is 5. The van der Waals surface area contributed by atoms with E-state index in [-0.39, 0.29) is 36.3 Å². The molecule has 1 heterocycles. The van der Waals surface area contributed by atoms with Crippen molar-refractivity contribution in [3.05, 3.63) is 18.3 Å². The van der Waals surface area contributed by atoms with Gasteiger partial charge in [0.1, 0.15) is 6.33 Å². The molecule has 0 spiro atoms. The van der Waals surface area contributed by atoms with Gasteiger partial charge in [0.05, 0.1) is 24.4 Å². The lowest BCUT2D eigenvalue weighted by Crippen LogP contribution is -2.50. The van der Waals surface area contributed by atoms with Crippen LogP contribution in [-0.2, 0) is 4.43 Å². The molecule has 1 aromatic heterocycles. The van der Waals surface area contributed by atoms with E-state index in [0.717, 1.165) is 19.0 Å². The largest absolute Gasteiger partial charge is 0.409 e. The average Bonchev–Trinajstić information content (AvgIpc) is 2.76. The van der Waals surface area contributed by atoms with Crippen LogP contribution in [0.3, 0.4) is 0 Å². The molecular formula is C18H34FN3O2Si. The number of nitrogens with one attached hydrogen (secondary N) is 1. The predicted molar refractivity (Wildman–Crippen MR) is 103 cm³/mol. The molecule has 4 atom stereocenters. The highest BCUT2D eigenvalue weighted by Gasteiger charge is 2.48. The molecule has 0 saturated heterocycles. The van der Waals surface area contributed by atoms with Crippen molar-refractivity contribution >= 4 is 14.1 Å². The Kier molecular flexibility index (Phi) is 7.12. The standard InChI is InChI=1S/C17H30FN3O2Si.CH4/c1-7-11-8-13(21-16-12(18)9-19-10-20-16)15(14(11)22)23-24(5,6)17(2,3)4;/h9-11,13-15,22H,7-8H2,1-6H3,(H,19,20,21);1H4/t11-,13+,14+,15-;/m0./s1. The van der Waals surface area contributed by atoms with Crippen LogP contribution in [0.5, 0.6) is 0 Å². The zero-order chi connectivity index (χ0) is 18.1. The summed E-state index contributed by atoms with van der Waals surface area (Å²) in [5, 5.41) is 13.9. The number of aromatic nitrogens is 2. The van der Waals surface area contributed by atoms with Crippen LogP contribution in [0.4, 0.5) is 10.2 Å². The molecule has 1 saturated carbocycles. The topological polar surface area (TPSA) is 67.3 Å². The minimum Gasteiger partial charge on any atom is -0.409 e. The Morgan fingerprint density at radius 2 is 2.04 bits per heavy atom. The van der Waals surface area contributed by atoms with Crippen LogP contribution in [-0.4, -0.2) is 41.6 Å². The quantitative estimate of drug-likeness (QED) is 0.759. The molecule has 7 heteroatoms. The maximum Gasteiger partial charge on any atom is 0.192 e. The molecule has 1 fully saturated rings. The van der Waals surface area contributed by atoms with Crippen LogP contribution >= 0.6 is 0 Å². The fourth-order valence-electron chi connectivity index (χ4n) is 2.92. The average molecular weight is 372 g/mol. The minimum absolute atomic E-state index is 0. The Hall–Kier alpha value is -1.05. The molecule has 1 aliphatic carbocycles. The van der Waals surface area contributed by atoms with Gasteiger partial charge in [-0.2, -0.15) is 0 Å². The Morgan fingerprint density at radius 3 is 2.56 bits per heavy atom. The highest BCUT2D eigenvalue weighted by Crippen LogP contribution is 2.41. The SMILES string of the molecule is C.CC[C@H]1C[C@@H](Nc2ncncc2F)[C@H](O[Si](C)(C)C(C)(C)C)[C@@H]1O. The van der Waals surface area contributed by atoms with Gasteiger partial charge >= 0.3 is 0 Å². The molecule has 2 N–H and O–H groups in total. The Morgan fingerprint density at radius 1 is 1.40 bits per heavy atom. The van der Waals surface area contributed by atoms with E-state index in [1.165, 1.54) is 6.33 Å². The molecule has 0 aliphatic heterocycles. The van der Waals surface area contributed by atoms with Crippen LogP contribution in [0.2, 0.25) is 18.1 Å². The third-order valence-electron chi connectivity index (χ3n) is 5.52. The van der Waals surface area contributed by atoms with Crippen molar-refractivity contribution in [2.45, 2.75) is 84.3 Å². The van der Waals surface area contributed by atoms with Gasteiger partial charge in [0.15, 0.2) is 20.0 Å². The summed E-state index contributed by atoms with van der Waals surface area (Å²) in [5.74, 6) is -0.178. The van der Waals surface area contributed by atoms with Crippen molar-refractivity contribution in [1.29, 1.82) is 0 Å². The molecule has 2 rings (SSSR count). The summed E-state index contributed by atoms with van der Waals surface area (Å²) >= 11 is 0. The van der Waals surface area contributed by atoms with E-state index in [2.05, 4.69) is 56.1 Å². The number of hydrogen-bond acceptors (Lipinski definition) is 5. The lowest BCUT2D eigenvalue weighted by atomic mass is 10.0. The van der Waals surface area contributed by atoms with Crippen molar-refractivity contribution in [2.75, 3.05) is 5.32 Å². The molecule has 0 amide bonds. The van der Waals surface area contributed by atoms with E-state index >= 15 is 0 Å². The molecule has 144 valence electrons. The summed E-state index contributed by atoms with van der Waals surface area (Å²) in [6.07, 6.45) is 3.15. The first-order chi connectivity index (χ1) is 11.1. The summed E-state index contributed by atoms with van der Waals surface area (Å²) in [7, 11) is -2.05. The highest BCUT2D eigenvalue weighted by molar-refractivity contribution is 6.74. The summed E-state index contributed by atoms with van der Waals surface area (Å²) in [4.78, 5) is 7.65. The van der Waals surface area contributed by atoms with Gasteiger partial charge in [0.2, 0.25) is 0 Å². The molecular weight excluding hydrogens is 337 g/mol. The van der Waals surface area contributed by atoms with Gasteiger partial charge in [-0.15, -0.1) is 0 Å². The summed E-state index contributed by atoms with van der Waals surface area (Å²) in [6.45, 7) is 12.9. The third kappa shape index (κ3) is 4.77. The van der Waals surface area contributed by atoms with Gasteiger partial charge in [-0.05, 0) is 30.5 Å². The van der Waals surface area contributed by atoms with Crippen molar-refractivity contribution in [3.63, 3.8) is 0 Å². The second-order valence-electron chi connectivity index (χ2n) is 8.21. The van der Waals surface area contributed by atoms with Crippen molar-refractivity contribution in [3.8, 4) is 0 Å². The maximum atomic E-state index is 13.9. The molecule has 0 bridgehead atoms. The highest BCUT2D eigenvalue weighted by atomic mass is 28.4. The number of aliphatic hydroxyl groups excluding tert-OH is 1. The van der Waals surface area contributed by atoms with Crippen LogP contribution in [0, 0.1) is 11.7 Å². The summed E-state index contributed by atoms with van der Waals surface area (Å²) in [5.41, 5.74) is 0. The van der Waals surface area contributed by atoms with E-state index in [4.69, 9.17) is 4.43 Å². The third-order valence-corrected chi connectivity index (χ3v) is 10.00. The Balaban J connectivity index is 0.00000312. The second kappa shape index (κ2) is 8.10. The van der Waals surface area contributed by atoms with Gasteiger partial charge in [-0.3, -0.25) is 0 Å². The van der Waals surface area contributed by atoms with Crippen molar-refractivity contribution < 1.29 is 13.9 Å². The fraction of sp³-hybridized carbons (Fsp3) is 0.778. The monoisotopic (exact) mass is 371 g/mol. The number of anilines is 1. The van der Waals surface area contributed by atoms with Gasteiger partial charge in [0, 0.05) is 0 Å². The van der Waals surface area contributed by atoms with Gasteiger partial charge in [-0.25, -0.2) is 14.4 Å². The molecule has 25 heavy (non-hydrogen) atoms. The molecule has 0 radical (unpaired) electrons. The number of nitrogens with zero attached hydrogens (tertiary/aromatic N) is 2. The lowest BCUT2D eigenvalue weighted by Gasteiger charge is -2.40. The molecule has 1 aliphatic rings. The smallest absolute Gasteiger partial charge is 0.192 e. The van der Waals surface area contributed by atoms with E-state index in [9.17, 15) is 9.50 Å². The first-order valence-electron chi connectivity index (χ1n) is 8.64. The number of halogens is 1. The van der Waals surface area contributed by atoms with Crippen LogP contribution in [0.1, 0.15) is 48.0 Å². The summed E-state index contributed by atoms with van der Waals surface area (Å²) in [6, 6.07) is -0.163. The number of aliphatic hydroxyl groups is 1. The summed E-state index contributed by atoms with van der Waals surface area (Å²) < 4.78 is 20.4. The molecule has 0 unspecified atom stereocenters. The van der Waals surface area contributed by atoms with E-state index in [1.54, 1.807) is 0 Å². The van der Waals surface area contributed by atoms with Gasteiger partial charge in [0.25, 0.3) is 0 Å². The van der Waals surface area contributed by atoms with Gasteiger partial charge in [-0.1, -0.05) is 41.5 Å². The maximum absolute atomic E-state index is 13.9. The van der Waals surface area contributed by atoms with Gasteiger partial charge < -0.3 is 14.8 Å². The van der Waals surface area contributed by atoms with E-state index in [0.29, 0.717) is 0 Å². The normalized spacial score (nSPS) is 27.0. The Bertz CT molecular complexity index is 565. The van der Waals surface area contributed by atoms with Crippen LogP contribution in [0.15, 0.2) is 12.5 Å². The lowest BCUT2D eigenvalue weighted by molar-refractivity contribution is 0.0236. The van der Waals surface area contributed by atoms with E-state index < -0.39 is 20.2 Å². The Labute approximate surface area is 152 Å². The second-order valence-corrected chi connectivity index (χ2v) is 13.0. The number of hydrogen-bond donors (Lipinski definition) is 2.